The van der Waals surface area contributed by atoms with Crippen LogP contribution in [-0.2, 0) is 5.41 Å². The first-order valence-corrected chi connectivity index (χ1v) is 8.75. The highest BCUT2D eigenvalue weighted by atomic mass is 32.1. The molecule has 0 aromatic carbocycles. The summed E-state index contributed by atoms with van der Waals surface area (Å²) in [5.74, 6) is 0.718. The second-order valence-electron chi connectivity index (χ2n) is 7.35. The number of hydrogen-bond donors (Lipinski definition) is 1. The fourth-order valence-electron chi connectivity index (χ4n) is 3.35. The van der Waals surface area contributed by atoms with Gasteiger partial charge in [0.2, 0.25) is 0 Å². The molecular weight excluding hydrogens is 266 g/mol. The molecule has 1 aliphatic carbocycles. The number of thiazole rings is 1. The van der Waals surface area contributed by atoms with Crippen LogP contribution in [0, 0.1) is 5.92 Å². The van der Waals surface area contributed by atoms with Crippen molar-refractivity contribution < 1.29 is 0 Å². The van der Waals surface area contributed by atoms with Gasteiger partial charge < -0.3 is 5.32 Å². The normalized spacial score (nSPS) is 28.2. The largest absolute Gasteiger partial charge is 0.319 e. The van der Waals surface area contributed by atoms with Crippen molar-refractivity contribution in [3.8, 4) is 0 Å². The number of aromatic nitrogens is 1. The van der Waals surface area contributed by atoms with Gasteiger partial charge in [0.1, 0.15) is 0 Å². The van der Waals surface area contributed by atoms with E-state index in [1.807, 2.05) is 11.3 Å². The topological polar surface area (TPSA) is 28.2 Å². The van der Waals surface area contributed by atoms with E-state index >= 15 is 0 Å². The highest BCUT2D eigenvalue weighted by Crippen LogP contribution is 2.44. The van der Waals surface area contributed by atoms with E-state index in [4.69, 9.17) is 4.98 Å². The Balaban J connectivity index is 1.85. The van der Waals surface area contributed by atoms with Gasteiger partial charge in [-0.15, -0.1) is 11.3 Å². The van der Waals surface area contributed by atoms with Crippen LogP contribution in [-0.4, -0.2) is 36.1 Å². The summed E-state index contributed by atoms with van der Waals surface area (Å²) >= 11 is 1.84. The molecule has 1 saturated heterocycles. The Bertz CT molecular complexity index is 459. The number of nitrogens with one attached hydrogen (secondary N) is 1. The summed E-state index contributed by atoms with van der Waals surface area (Å²) in [4.78, 5) is 7.73. The predicted molar refractivity (Wildman–Crippen MR) is 85.3 cm³/mol. The van der Waals surface area contributed by atoms with Crippen molar-refractivity contribution in [2.45, 2.75) is 57.5 Å². The smallest absolute Gasteiger partial charge is 0.0982 e. The minimum absolute atomic E-state index is 0.171. The maximum Gasteiger partial charge on any atom is 0.0982 e. The monoisotopic (exact) mass is 293 g/mol. The summed E-state index contributed by atoms with van der Waals surface area (Å²) in [6.07, 6.45) is 4.09. The second-order valence-corrected chi connectivity index (χ2v) is 8.21. The van der Waals surface area contributed by atoms with Crippen LogP contribution in [0.15, 0.2) is 5.38 Å². The van der Waals surface area contributed by atoms with E-state index in [2.05, 4.69) is 43.4 Å². The third-order valence-corrected chi connectivity index (χ3v) is 5.80. The van der Waals surface area contributed by atoms with Gasteiger partial charge >= 0.3 is 0 Å². The standard InChI is InChI=1S/C16H27N3S/c1-16(2,3)15-18-13(10-20-15)14-11(9-17-4)7-8-19(14)12-5-6-12/h10-12,14,17H,5-9H2,1-4H3. The van der Waals surface area contributed by atoms with Crippen LogP contribution in [0.1, 0.15) is 56.8 Å². The number of nitrogens with zero attached hydrogens (tertiary/aromatic N) is 2. The molecular formula is C16H27N3S. The van der Waals surface area contributed by atoms with Crippen molar-refractivity contribution in [1.29, 1.82) is 0 Å². The summed E-state index contributed by atoms with van der Waals surface area (Å²) in [5, 5.41) is 6.97. The SMILES string of the molecule is CNCC1CCN(C2CC2)C1c1csc(C(C)(C)C)n1. The lowest BCUT2D eigenvalue weighted by Gasteiger charge is -2.27. The molecule has 1 N–H and O–H groups in total. The van der Waals surface area contributed by atoms with E-state index in [0.717, 1.165) is 18.5 Å². The van der Waals surface area contributed by atoms with Crippen LogP contribution in [0.2, 0.25) is 0 Å². The zero-order chi connectivity index (χ0) is 14.3. The van der Waals surface area contributed by atoms with E-state index in [-0.39, 0.29) is 5.41 Å². The molecule has 0 bridgehead atoms. The highest BCUT2D eigenvalue weighted by molar-refractivity contribution is 7.09. The lowest BCUT2D eigenvalue weighted by molar-refractivity contribution is 0.213. The molecule has 0 amide bonds. The Morgan fingerprint density at radius 1 is 1.35 bits per heavy atom. The van der Waals surface area contributed by atoms with E-state index in [0.29, 0.717) is 6.04 Å². The summed E-state index contributed by atoms with van der Waals surface area (Å²) in [6.45, 7) is 9.14. The minimum atomic E-state index is 0.171. The molecule has 0 radical (unpaired) electrons. The molecule has 2 unspecified atom stereocenters. The molecule has 2 fully saturated rings. The minimum Gasteiger partial charge on any atom is -0.319 e. The average Bonchev–Trinajstić information content (AvgIpc) is 2.94. The van der Waals surface area contributed by atoms with E-state index in [9.17, 15) is 0 Å². The first kappa shape index (κ1) is 14.5. The molecule has 0 spiro atoms. The molecule has 20 heavy (non-hydrogen) atoms. The number of likely N-dealkylation sites (tertiary alicyclic amines) is 1. The molecule has 1 saturated carbocycles. The maximum absolute atomic E-state index is 5.01. The average molecular weight is 293 g/mol. The van der Waals surface area contributed by atoms with Gasteiger partial charge in [0.25, 0.3) is 0 Å². The third kappa shape index (κ3) is 2.78. The van der Waals surface area contributed by atoms with E-state index in [1.54, 1.807) is 0 Å². The quantitative estimate of drug-likeness (QED) is 0.924. The zero-order valence-electron chi connectivity index (χ0n) is 13.1. The highest BCUT2D eigenvalue weighted by Gasteiger charge is 2.43. The number of rotatable bonds is 4. The Labute approximate surface area is 126 Å². The first-order valence-electron chi connectivity index (χ1n) is 7.87. The Kier molecular flexibility index (Phi) is 3.91. The van der Waals surface area contributed by atoms with Gasteiger partial charge in [-0.05, 0) is 45.3 Å². The summed E-state index contributed by atoms with van der Waals surface area (Å²) in [6, 6.07) is 1.38. The zero-order valence-corrected chi connectivity index (χ0v) is 14.0. The van der Waals surface area contributed by atoms with Crippen LogP contribution >= 0.6 is 11.3 Å². The van der Waals surface area contributed by atoms with Crippen molar-refractivity contribution >= 4 is 11.3 Å². The molecule has 1 aromatic heterocycles. The van der Waals surface area contributed by atoms with Crippen LogP contribution in [0.25, 0.3) is 0 Å². The molecule has 2 aliphatic rings. The lowest BCUT2D eigenvalue weighted by atomic mass is 9.96. The van der Waals surface area contributed by atoms with Crippen LogP contribution in [0.5, 0.6) is 0 Å². The van der Waals surface area contributed by atoms with Crippen molar-refractivity contribution in [3.63, 3.8) is 0 Å². The summed E-state index contributed by atoms with van der Waals surface area (Å²) in [5.41, 5.74) is 1.49. The molecule has 4 heteroatoms. The maximum atomic E-state index is 5.01. The van der Waals surface area contributed by atoms with Crippen molar-refractivity contribution in [3.05, 3.63) is 16.1 Å². The molecule has 3 rings (SSSR count). The molecule has 1 aliphatic heterocycles. The third-order valence-electron chi connectivity index (χ3n) is 4.51. The fourth-order valence-corrected chi connectivity index (χ4v) is 4.29. The van der Waals surface area contributed by atoms with Gasteiger partial charge in [0, 0.05) is 16.8 Å². The van der Waals surface area contributed by atoms with Gasteiger partial charge in [-0.1, -0.05) is 20.8 Å². The van der Waals surface area contributed by atoms with Crippen molar-refractivity contribution in [2.24, 2.45) is 5.92 Å². The Hall–Kier alpha value is -0.450. The van der Waals surface area contributed by atoms with Gasteiger partial charge in [0.05, 0.1) is 16.7 Å². The Morgan fingerprint density at radius 2 is 2.10 bits per heavy atom. The van der Waals surface area contributed by atoms with Crippen molar-refractivity contribution in [2.75, 3.05) is 20.1 Å². The van der Waals surface area contributed by atoms with Gasteiger partial charge in [-0.25, -0.2) is 4.98 Å². The molecule has 3 nitrogen and oxygen atoms in total. The summed E-state index contributed by atoms with van der Waals surface area (Å²) < 4.78 is 0. The number of hydrogen-bond acceptors (Lipinski definition) is 4. The lowest BCUT2D eigenvalue weighted by Crippen LogP contribution is -2.31. The summed E-state index contributed by atoms with van der Waals surface area (Å²) in [7, 11) is 2.07. The van der Waals surface area contributed by atoms with Gasteiger partial charge in [-0.2, -0.15) is 0 Å². The van der Waals surface area contributed by atoms with Crippen LogP contribution < -0.4 is 5.32 Å². The van der Waals surface area contributed by atoms with Gasteiger partial charge in [0.15, 0.2) is 0 Å². The molecule has 2 atom stereocenters. The fraction of sp³-hybridized carbons (Fsp3) is 0.812. The van der Waals surface area contributed by atoms with E-state index in [1.165, 1.54) is 36.5 Å². The first-order chi connectivity index (χ1) is 9.50. The predicted octanol–water partition coefficient (Wildman–Crippen LogP) is 3.19. The molecule has 112 valence electrons. The molecule has 1 aromatic rings. The Morgan fingerprint density at radius 3 is 2.65 bits per heavy atom. The van der Waals surface area contributed by atoms with Gasteiger partial charge in [-0.3, -0.25) is 4.90 Å². The van der Waals surface area contributed by atoms with Crippen LogP contribution in [0.4, 0.5) is 0 Å². The van der Waals surface area contributed by atoms with Crippen LogP contribution in [0.3, 0.4) is 0 Å². The molecule has 2 heterocycles. The second kappa shape index (κ2) is 5.39. The van der Waals surface area contributed by atoms with Crippen molar-refractivity contribution in [1.82, 2.24) is 15.2 Å². The van der Waals surface area contributed by atoms with E-state index < -0.39 is 0 Å².